The Kier molecular flexibility index (Phi) is 7.91. The van der Waals surface area contributed by atoms with E-state index in [-0.39, 0.29) is 41.0 Å². The minimum Gasteiger partial charge on any atom is -0.450 e. The van der Waals surface area contributed by atoms with E-state index in [0.29, 0.717) is 31.1 Å². The highest BCUT2D eigenvalue weighted by molar-refractivity contribution is 7.89. The number of carbonyl (C=O) groups excluding carboxylic acids is 3. The Hall–Kier alpha value is -2.96. The first-order valence-electron chi connectivity index (χ1n) is 12.3. The van der Waals surface area contributed by atoms with E-state index >= 15 is 0 Å². The molecule has 0 bridgehead atoms. The molecular weight excluding hydrogens is 516 g/mol. The zero-order valence-electron chi connectivity index (χ0n) is 21.2. The molecule has 2 aliphatic rings. The van der Waals surface area contributed by atoms with Crippen molar-refractivity contribution in [2.24, 2.45) is 17.6 Å². The highest BCUT2D eigenvalue weighted by atomic mass is 32.2. The predicted octanol–water partition coefficient (Wildman–Crippen LogP) is 3.28. The Morgan fingerprint density at radius 1 is 1.14 bits per heavy atom. The van der Waals surface area contributed by atoms with Crippen LogP contribution in [0.3, 0.4) is 0 Å². The van der Waals surface area contributed by atoms with Crippen LogP contribution in [0, 0.1) is 11.8 Å². The van der Waals surface area contributed by atoms with Crippen molar-refractivity contribution in [2.45, 2.75) is 45.1 Å². The molecule has 0 unspecified atom stereocenters. The number of ether oxygens (including phenoxy) is 1. The third-order valence-electron chi connectivity index (χ3n) is 6.65. The molecule has 10 nitrogen and oxygen atoms in total. The van der Waals surface area contributed by atoms with Crippen molar-refractivity contribution in [1.29, 1.82) is 0 Å². The number of nitrogens with zero attached hydrogens (tertiary/aromatic N) is 2. The van der Waals surface area contributed by atoms with Gasteiger partial charge in [-0.05, 0) is 61.4 Å². The second-order valence-electron chi connectivity index (χ2n) is 9.69. The lowest BCUT2D eigenvalue weighted by Gasteiger charge is -2.34. The van der Waals surface area contributed by atoms with Gasteiger partial charge >= 0.3 is 6.09 Å². The fourth-order valence-electron chi connectivity index (χ4n) is 5.03. The SMILES string of the molecule is CCOC(=O)N1CCc2c(sc(NC(=O)c3ccc(S(=O)(=O)N4C[C@H](C)C[C@@H](C)C4)cc3)c2C(N)=O)C1. The zero-order chi connectivity index (χ0) is 26.9. The maximum atomic E-state index is 13.1. The smallest absolute Gasteiger partial charge is 0.410 e. The average molecular weight is 549 g/mol. The van der Waals surface area contributed by atoms with Gasteiger partial charge in [0, 0.05) is 30.1 Å². The second kappa shape index (κ2) is 10.8. The number of nitrogens with one attached hydrogen (secondary N) is 1. The standard InChI is InChI=1S/C25H32N4O6S2/c1-4-35-25(32)28-10-9-19-20(14-28)36-24(21(19)22(26)30)27-23(31)17-5-7-18(8-6-17)37(33,34)29-12-15(2)11-16(3)13-29/h5-8,15-16H,4,9-14H2,1-3H3,(H2,26,30)(H,27,31)/t15-,16-/m1/s1. The molecular formula is C25H32N4O6S2. The summed E-state index contributed by atoms with van der Waals surface area (Å²) in [6.07, 6.45) is 0.973. The molecule has 1 aromatic heterocycles. The van der Waals surface area contributed by atoms with Gasteiger partial charge in [0.05, 0.1) is 23.6 Å². The lowest BCUT2D eigenvalue weighted by atomic mass is 9.94. The maximum absolute atomic E-state index is 13.1. The Labute approximate surface area is 220 Å². The van der Waals surface area contributed by atoms with Crippen molar-refractivity contribution < 1.29 is 27.5 Å². The van der Waals surface area contributed by atoms with Crippen LogP contribution in [-0.4, -0.2) is 61.8 Å². The van der Waals surface area contributed by atoms with Crippen molar-refractivity contribution in [2.75, 3.05) is 31.6 Å². The number of nitrogens with two attached hydrogens (primary N) is 1. The van der Waals surface area contributed by atoms with Gasteiger partial charge in [0.2, 0.25) is 10.0 Å². The zero-order valence-corrected chi connectivity index (χ0v) is 22.8. The van der Waals surface area contributed by atoms with Crippen LogP contribution in [0.15, 0.2) is 29.2 Å². The quantitative estimate of drug-likeness (QED) is 0.568. The molecule has 0 saturated carbocycles. The number of primary amides is 1. The van der Waals surface area contributed by atoms with Crippen LogP contribution in [0.25, 0.3) is 0 Å². The number of carbonyl (C=O) groups is 3. The first kappa shape index (κ1) is 27.1. The summed E-state index contributed by atoms with van der Waals surface area (Å²) >= 11 is 1.19. The molecule has 3 heterocycles. The first-order chi connectivity index (χ1) is 17.5. The molecule has 3 amide bonds. The van der Waals surface area contributed by atoms with Gasteiger partial charge < -0.3 is 20.7 Å². The molecule has 2 aliphatic heterocycles. The number of anilines is 1. The Morgan fingerprint density at radius 2 is 1.78 bits per heavy atom. The summed E-state index contributed by atoms with van der Waals surface area (Å²) in [4.78, 5) is 39.8. The summed E-state index contributed by atoms with van der Waals surface area (Å²) in [6, 6.07) is 5.78. The number of thiophene rings is 1. The van der Waals surface area contributed by atoms with Crippen LogP contribution in [0.1, 0.15) is 58.3 Å². The average Bonchev–Trinajstić information content (AvgIpc) is 3.20. The fraction of sp³-hybridized carbons (Fsp3) is 0.480. The molecule has 200 valence electrons. The molecule has 1 fully saturated rings. The molecule has 1 saturated heterocycles. The van der Waals surface area contributed by atoms with Crippen molar-refractivity contribution in [3.63, 3.8) is 0 Å². The van der Waals surface area contributed by atoms with Gasteiger partial charge in [-0.1, -0.05) is 13.8 Å². The van der Waals surface area contributed by atoms with Crippen LogP contribution >= 0.6 is 11.3 Å². The summed E-state index contributed by atoms with van der Waals surface area (Å²) < 4.78 is 32.9. The number of benzene rings is 1. The molecule has 0 aliphatic carbocycles. The molecule has 0 radical (unpaired) electrons. The van der Waals surface area contributed by atoms with E-state index in [0.717, 1.165) is 16.9 Å². The van der Waals surface area contributed by atoms with Crippen LogP contribution in [0.5, 0.6) is 0 Å². The van der Waals surface area contributed by atoms with E-state index in [1.54, 1.807) is 11.8 Å². The summed E-state index contributed by atoms with van der Waals surface area (Å²) in [5.74, 6) is -0.593. The highest BCUT2D eigenvalue weighted by Gasteiger charge is 2.32. The minimum atomic E-state index is -3.67. The van der Waals surface area contributed by atoms with Gasteiger partial charge in [0.1, 0.15) is 5.00 Å². The largest absolute Gasteiger partial charge is 0.450 e. The van der Waals surface area contributed by atoms with Gasteiger partial charge in [0.25, 0.3) is 11.8 Å². The highest BCUT2D eigenvalue weighted by Crippen LogP contribution is 2.37. The summed E-state index contributed by atoms with van der Waals surface area (Å²) in [5, 5.41) is 3.06. The van der Waals surface area contributed by atoms with Gasteiger partial charge in [-0.3, -0.25) is 9.59 Å². The van der Waals surface area contributed by atoms with Gasteiger partial charge in [-0.2, -0.15) is 4.31 Å². The summed E-state index contributed by atoms with van der Waals surface area (Å²) in [6.45, 7) is 7.66. The summed E-state index contributed by atoms with van der Waals surface area (Å²) in [7, 11) is -3.67. The lowest BCUT2D eigenvalue weighted by molar-refractivity contribution is 0.0997. The number of piperidine rings is 1. The Morgan fingerprint density at radius 3 is 2.38 bits per heavy atom. The minimum absolute atomic E-state index is 0.133. The maximum Gasteiger partial charge on any atom is 0.410 e. The second-order valence-corrected chi connectivity index (χ2v) is 12.7. The van der Waals surface area contributed by atoms with Gasteiger partial charge in [0.15, 0.2) is 0 Å². The van der Waals surface area contributed by atoms with Crippen molar-refractivity contribution >= 4 is 44.3 Å². The van der Waals surface area contributed by atoms with Crippen molar-refractivity contribution in [1.82, 2.24) is 9.21 Å². The number of hydrogen-bond acceptors (Lipinski definition) is 7. The van der Waals surface area contributed by atoms with Crippen molar-refractivity contribution in [3.8, 4) is 0 Å². The van der Waals surface area contributed by atoms with Crippen LogP contribution in [0.4, 0.5) is 9.80 Å². The lowest BCUT2D eigenvalue weighted by Crippen LogP contribution is -2.42. The Bertz CT molecular complexity index is 1300. The third kappa shape index (κ3) is 5.65. The van der Waals surface area contributed by atoms with E-state index in [1.807, 2.05) is 13.8 Å². The molecule has 2 aromatic rings. The first-order valence-corrected chi connectivity index (χ1v) is 14.5. The predicted molar refractivity (Wildman–Crippen MR) is 140 cm³/mol. The molecule has 12 heteroatoms. The molecule has 3 N–H and O–H groups in total. The van der Waals surface area contributed by atoms with E-state index in [2.05, 4.69) is 5.32 Å². The normalized spacial score (nSPS) is 20.2. The number of fused-ring (bicyclic) bond motifs is 1. The number of rotatable bonds is 6. The van der Waals surface area contributed by atoms with E-state index in [1.165, 1.54) is 39.9 Å². The molecule has 1 aromatic carbocycles. The summed E-state index contributed by atoms with van der Waals surface area (Å²) in [5.41, 5.74) is 6.84. The van der Waals surface area contributed by atoms with Gasteiger partial charge in [-0.15, -0.1) is 11.3 Å². The molecule has 37 heavy (non-hydrogen) atoms. The van der Waals surface area contributed by atoms with Crippen LogP contribution < -0.4 is 11.1 Å². The van der Waals surface area contributed by atoms with Crippen LogP contribution in [0.2, 0.25) is 0 Å². The molecule has 4 rings (SSSR count). The van der Waals surface area contributed by atoms with E-state index < -0.39 is 27.9 Å². The topological polar surface area (TPSA) is 139 Å². The van der Waals surface area contributed by atoms with Crippen LogP contribution in [-0.2, 0) is 27.7 Å². The molecule has 2 atom stereocenters. The molecule has 0 spiro atoms. The Balaban J connectivity index is 1.52. The van der Waals surface area contributed by atoms with E-state index in [9.17, 15) is 22.8 Å². The fourth-order valence-corrected chi connectivity index (χ4v) is 7.97. The van der Waals surface area contributed by atoms with E-state index in [4.69, 9.17) is 10.5 Å². The number of sulfonamides is 1. The van der Waals surface area contributed by atoms with Crippen molar-refractivity contribution in [3.05, 3.63) is 45.8 Å². The third-order valence-corrected chi connectivity index (χ3v) is 9.62. The van der Waals surface area contributed by atoms with Gasteiger partial charge in [-0.25, -0.2) is 13.2 Å². The number of hydrogen-bond donors (Lipinski definition) is 2. The number of amides is 3. The monoisotopic (exact) mass is 548 g/mol.